The Kier molecular flexibility index (Phi) is 5.20. The van der Waals surface area contributed by atoms with Crippen LogP contribution in [0.2, 0.25) is 0 Å². The van der Waals surface area contributed by atoms with Gasteiger partial charge in [-0.1, -0.05) is 35.9 Å². The third-order valence-corrected chi connectivity index (χ3v) is 5.69. The molecule has 1 saturated carbocycles. The number of aromatic amines is 1. The van der Waals surface area contributed by atoms with Gasteiger partial charge in [-0.15, -0.1) is 6.58 Å². The molecule has 1 aliphatic rings. The van der Waals surface area contributed by atoms with Gasteiger partial charge in [0.25, 0.3) is 11.5 Å². The first kappa shape index (κ1) is 19.3. The maximum Gasteiger partial charge on any atom is 0.262 e. The van der Waals surface area contributed by atoms with E-state index in [1.54, 1.807) is 24.3 Å². The molecule has 2 aromatic carbocycles. The highest BCUT2D eigenvalue weighted by atomic mass is 32.1. The van der Waals surface area contributed by atoms with Gasteiger partial charge in [0, 0.05) is 12.1 Å². The topological polar surface area (TPSA) is 66.9 Å². The Hall–Kier alpha value is -2.99. The molecular formula is C23H23N3O2S. The molecule has 6 heteroatoms. The van der Waals surface area contributed by atoms with Gasteiger partial charge in [0.1, 0.15) is 0 Å². The molecule has 1 atom stereocenters. The fraction of sp³-hybridized carbons (Fsp3) is 0.261. The van der Waals surface area contributed by atoms with Gasteiger partial charge < -0.3 is 10.3 Å². The normalized spacial score (nSPS) is 14.5. The standard InChI is InChI=1S/C23H23N3O2S/c1-3-12-26-22(28)18-11-10-17(13-19(18)24-23(26)29)21(27)25-20(16-8-9-16)15-6-4-14(2)5-7-15/h3-7,10-11,13,16,20H,1,8-9,12H2,2H3,(H,24,29)(H,25,27). The second-order valence-corrected chi connectivity index (χ2v) is 7.98. The Morgan fingerprint density at radius 2 is 2.03 bits per heavy atom. The third kappa shape index (κ3) is 3.93. The van der Waals surface area contributed by atoms with Crippen LogP contribution in [0.4, 0.5) is 0 Å². The van der Waals surface area contributed by atoms with Crippen LogP contribution in [0.25, 0.3) is 10.9 Å². The van der Waals surface area contributed by atoms with E-state index in [2.05, 4.69) is 48.1 Å². The van der Waals surface area contributed by atoms with Crippen molar-refractivity contribution in [3.8, 4) is 0 Å². The van der Waals surface area contributed by atoms with Crippen molar-refractivity contribution in [2.75, 3.05) is 0 Å². The highest BCUT2D eigenvalue weighted by Crippen LogP contribution is 2.41. The van der Waals surface area contributed by atoms with Crippen LogP contribution < -0.4 is 10.9 Å². The minimum Gasteiger partial charge on any atom is -0.345 e. The van der Waals surface area contributed by atoms with E-state index >= 15 is 0 Å². The second kappa shape index (κ2) is 7.79. The summed E-state index contributed by atoms with van der Waals surface area (Å²) >= 11 is 5.29. The molecule has 1 aliphatic carbocycles. The molecule has 3 aromatic rings. The summed E-state index contributed by atoms with van der Waals surface area (Å²) in [5.74, 6) is 0.318. The van der Waals surface area contributed by atoms with Crippen LogP contribution in [0.3, 0.4) is 0 Å². The fourth-order valence-electron chi connectivity index (χ4n) is 3.59. The molecule has 0 saturated heterocycles. The Labute approximate surface area is 174 Å². The molecular weight excluding hydrogens is 382 g/mol. The van der Waals surface area contributed by atoms with Crippen molar-refractivity contribution in [3.05, 3.63) is 86.9 Å². The molecule has 1 amide bonds. The summed E-state index contributed by atoms with van der Waals surface area (Å²) in [6, 6.07) is 13.4. The van der Waals surface area contributed by atoms with E-state index < -0.39 is 0 Å². The van der Waals surface area contributed by atoms with Gasteiger partial charge in [-0.05, 0) is 61.7 Å². The number of carbonyl (C=O) groups is 1. The number of rotatable bonds is 6. The first-order valence-corrected chi connectivity index (χ1v) is 10.1. The zero-order valence-corrected chi connectivity index (χ0v) is 17.1. The van der Waals surface area contributed by atoms with Gasteiger partial charge in [-0.2, -0.15) is 0 Å². The zero-order chi connectivity index (χ0) is 20.5. The number of fused-ring (bicyclic) bond motifs is 1. The third-order valence-electron chi connectivity index (χ3n) is 5.37. The molecule has 1 fully saturated rings. The molecule has 0 spiro atoms. The van der Waals surface area contributed by atoms with E-state index in [9.17, 15) is 9.59 Å². The summed E-state index contributed by atoms with van der Waals surface area (Å²) in [6.45, 7) is 6.05. The van der Waals surface area contributed by atoms with Gasteiger partial charge in [-0.3, -0.25) is 14.2 Å². The predicted octanol–water partition coefficient (Wildman–Crippen LogP) is 4.43. The SMILES string of the molecule is C=CCn1c(=S)[nH]c2cc(C(=O)NC(c3ccc(C)cc3)C3CC3)ccc2c1=O. The van der Waals surface area contributed by atoms with Crippen molar-refractivity contribution in [2.24, 2.45) is 5.92 Å². The Morgan fingerprint density at radius 3 is 2.69 bits per heavy atom. The van der Waals surface area contributed by atoms with Crippen LogP contribution in [0, 0.1) is 17.6 Å². The summed E-state index contributed by atoms with van der Waals surface area (Å²) < 4.78 is 1.76. The Bertz CT molecular complexity index is 1200. The average molecular weight is 406 g/mol. The van der Waals surface area contributed by atoms with Crippen molar-refractivity contribution >= 4 is 29.0 Å². The number of hydrogen-bond donors (Lipinski definition) is 2. The van der Waals surface area contributed by atoms with Crippen LogP contribution in [0.1, 0.15) is 40.4 Å². The molecule has 1 unspecified atom stereocenters. The van der Waals surface area contributed by atoms with E-state index in [0.717, 1.165) is 18.4 Å². The van der Waals surface area contributed by atoms with Gasteiger partial charge in [0.05, 0.1) is 16.9 Å². The van der Waals surface area contributed by atoms with Crippen LogP contribution >= 0.6 is 12.2 Å². The highest BCUT2D eigenvalue weighted by Gasteiger charge is 2.33. The first-order chi connectivity index (χ1) is 14.0. The summed E-state index contributed by atoms with van der Waals surface area (Å²) in [7, 11) is 0. The van der Waals surface area contributed by atoms with E-state index in [1.807, 2.05) is 0 Å². The minimum absolute atomic E-state index is 0.00196. The van der Waals surface area contributed by atoms with Crippen molar-refractivity contribution in [3.63, 3.8) is 0 Å². The largest absolute Gasteiger partial charge is 0.345 e. The quantitative estimate of drug-likeness (QED) is 0.471. The number of amides is 1. The molecule has 148 valence electrons. The maximum atomic E-state index is 13.0. The van der Waals surface area contributed by atoms with Crippen LogP contribution in [-0.4, -0.2) is 15.5 Å². The van der Waals surface area contributed by atoms with Crippen molar-refractivity contribution in [1.82, 2.24) is 14.9 Å². The van der Waals surface area contributed by atoms with Gasteiger partial charge >= 0.3 is 0 Å². The summed E-state index contributed by atoms with van der Waals surface area (Å²) in [6.07, 6.45) is 3.86. The predicted molar refractivity (Wildman–Crippen MR) is 118 cm³/mol. The molecule has 1 aromatic heterocycles. The molecule has 5 nitrogen and oxygen atoms in total. The number of nitrogens with zero attached hydrogens (tertiary/aromatic N) is 1. The van der Waals surface area contributed by atoms with E-state index in [1.165, 1.54) is 10.1 Å². The number of H-pyrrole nitrogens is 1. The summed E-state index contributed by atoms with van der Waals surface area (Å²) in [5, 5.41) is 3.68. The number of carbonyl (C=O) groups excluding carboxylic acids is 1. The molecule has 4 rings (SSSR count). The van der Waals surface area contributed by atoms with E-state index in [-0.39, 0.29) is 17.5 Å². The monoisotopic (exact) mass is 405 g/mol. The van der Waals surface area contributed by atoms with Crippen molar-refractivity contribution in [2.45, 2.75) is 32.4 Å². The lowest BCUT2D eigenvalue weighted by molar-refractivity contribution is 0.0932. The lowest BCUT2D eigenvalue weighted by Crippen LogP contribution is -2.30. The van der Waals surface area contributed by atoms with Gasteiger partial charge in [0.15, 0.2) is 4.77 Å². The number of aryl methyl sites for hydroxylation is 1. The molecule has 0 aliphatic heterocycles. The number of benzene rings is 2. The second-order valence-electron chi connectivity index (χ2n) is 7.59. The van der Waals surface area contributed by atoms with Crippen LogP contribution in [-0.2, 0) is 6.54 Å². The molecule has 0 bridgehead atoms. The highest BCUT2D eigenvalue weighted by molar-refractivity contribution is 7.71. The number of aromatic nitrogens is 2. The van der Waals surface area contributed by atoms with Crippen molar-refractivity contribution in [1.29, 1.82) is 0 Å². The molecule has 2 N–H and O–H groups in total. The van der Waals surface area contributed by atoms with E-state index in [4.69, 9.17) is 12.2 Å². The number of allylic oxidation sites excluding steroid dienone is 1. The summed E-state index contributed by atoms with van der Waals surface area (Å²) in [4.78, 5) is 28.7. The van der Waals surface area contributed by atoms with Gasteiger partial charge in [0.2, 0.25) is 0 Å². The van der Waals surface area contributed by atoms with Gasteiger partial charge in [-0.25, -0.2) is 0 Å². The summed E-state index contributed by atoms with van der Waals surface area (Å²) in [5.41, 5.74) is 3.19. The first-order valence-electron chi connectivity index (χ1n) is 9.73. The smallest absolute Gasteiger partial charge is 0.262 e. The Morgan fingerprint density at radius 1 is 1.31 bits per heavy atom. The van der Waals surface area contributed by atoms with E-state index in [0.29, 0.717) is 33.7 Å². The van der Waals surface area contributed by atoms with Crippen LogP contribution in [0.5, 0.6) is 0 Å². The number of nitrogens with one attached hydrogen (secondary N) is 2. The zero-order valence-electron chi connectivity index (χ0n) is 16.3. The van der Waals surface area contributed by atoms with Crippen molar-refractivity contribution < 1.29 is 4.79 Å². The maximum absolute atomic E-state index is 13.0. The molecule has 1 heterocycles. The minimum atomic E-state index is -0.189. The van der Waals surface area contributed by atoms with Crippen LogP contribution in [0.15, 0.2) is 59.9 Å². The fourth-order valence-corrected chi connectivity index (χ4v) is 3.86. The Balaban J connectivity index is 1.65. The number of hydrogen-bond acceptors (Lipinski definition) is 3. The lowest BCUT2D eigenvalue weighted by Gasteiger charge is -2.19. The molecule has 29 heavy (non-hydrogen) atoms. The molecule has 0 radical (unpaired) electrons. The lowest BCUT2D eigenvalue weighted by atomic mass is 10.0. The average Bonchev–Trinajstić information content (AvgIpc) is 3.54.